The van der Waals surface area contributed by atoms with Crippen LogP contribution in [0.25, 0.3) is 0 Å². The molecule has 9 heteroatoms. The molecule has 38 heavy (non-hydrogen) atoms. The molecule has 1 aliphatic rings. The van der Waals surface area contributed by atoms with Crippen LogP contribution in [-0.2, 0) is 11.3 Å². The number of methoxy groups -OCH3 is 1. The van der Waals surface area contributed by atoms with E-state index in [0.29, 0.717) is 19.4 Å². The molecular weight excluding hydrogens is 549 g/mol. The maximum Gasteiger partial charge on any atom is 0.240 e. The van der Waals surface area contributed by atoms with Crippen LogP contribution < -0.4 is 20.4 Å². The van der Waals surface area contributed by atoms with Gasteiger partial charge in [0.2, 0.25) is 5.91 Å². The first-order valence-corrected chi connectivity index (χ1v) is 13.5. The highest BCUT2D eigenvalue weighted by Gasteiger charge is 2.19. The summed E-state index contributed by atoms with van der Waals surface area (Å²) in [5, 5.41) is 7.44. The number of hydrazone groups is 1. The number of nitrogens with one attached hydrogen (secondary N) is 2. The second kappa shape index (κ2) is 13.9. The number of amides is 1. The van der Waals surface area contributed by atoms with Gasteiger partial charge < -0.3 is 15.0 Å². The fourth-order valence-electron chi connectivity index (χ4n) is 4.34. The van der Waals surface area contributed by atoms with Crippen LogP contribution in [0.2, 0.25) is 0 Å². The zero-order chi connectivity index (χ0) is 26.7. The van der Waals surface area contributed by atoms with Gasteiger partial charge in [0.05, 0.1) is 13.3 Å². The summed E-state index contributed by atoms with van der Waals surface area (Å²) in [6.45, 7) is 5.00. The maximum absolute atomic E-state index is 13.2. The van der Waals surface area contributed by atoms with Crippen molar-refractivity contribution in [1.82, 2.24) is 10.3 Å². The lowest BCUT2D eigenvalue weighted by Gasteiger charge is -2.36. The predicted octanol–water partition coefficient (Wildman–Crippen LogP) is 5.26. The third kappa shape index (κ3) is 8.29. The van der Waals surface area contributed by atoms with Gasteiger partial charge in [0.1, 0.15) is 11.6 Å². The molecule has 0 unspecified atom stereocenters. The summed E-state index contributed by atoms with van der Waals surface area (Å²) in [4.78, 5) is 16.8. The van der Waals surface area contributed by atoms with Crippen molar-refractivity contribution >= 4 is 39.4 Å². The number of rotatable bonds is 11. The van der Waals surface area contributed by atoms with Gasteiger partial charge >= 0.3 is 0 Å². The molecule has 0 saturated carbocycles. The summed E-state index contributed by atoms with van der Waals surface area (Å²) in [6, 6.07) is 20.5. The Hall–Kier alpha value is -3.43. The van der Waals surface area contributed by atoms with Crippen LogP contribution in [0, 0.1) is 5.82 Å². The molecule has 4 rings (SSSR count). The minimum absolute atomic E-state index is 0.119. The van der Waals surface area contributed by atoms with Crippen molar-refractivity contribution in [2.45, 2.75) is 19.4 Å². The number of ether oxygens (including phenoxy) is 1. The van der Waals surface area contributed by atoms with Crippen molar-refractivity contribution in [3.05, 3.63) is 88.1 Å². The van der Waals surface area contributed by atoms with Crippen LogP contribution in [0.4, 0.5) is 15.8 Å². The molecule has 3 aromatic rings. The van der Waals surface area contributed by atoms with Crippen molar-refractivity contribution in [3.8, 4) is 5.75 Å². The molecule has 0 radical (unpaired) electrons. The van der Waals surface area contributed by atoms with Crippen molar-refractivity contribution < 1.29 is 13.9 Å². The summed E-state index contributed by atoms with van der Waals surface area (Å²) >= 11 is 3.42. The Bertz CT molecular complexity index is 1210. The Labute approximate surface area is 231 Å². The molecule has 7 nitrogen and oxygen atoms in total. The lowest BCUT2D eigenvalue weighted by Crippen LogP contribution is -2.46. The third-order valence-corrected chi connectivity index (χ3v) is 6.95. The molecule has 1 saturated heterocycles. The maximum atomic E-state index is 13.2. The van der Waals surface area contributed by atoms with E-state index in [4.69, 9.17) is 4.74 Å². The Balaban J connectivity index is 1.22. The van der Waals surface area contributed by atoms with Crippen LogP contribution in [0.15, 0.2) is 76.3 Å². The highest BCUT2D eigenvalue weighted by Crippen LogP contribution is 2.23. The molecule has 2 N–H and O–H groups in total. The number of carbonyl (C=O) groups is 1. The predicted molar refractivity (Wildman–Crippen MR) is 154 cm³/mol. The van der Waals surface area contributed by atoms with Gasteiger partial charge in [-0.15, -0.1) is 0 Å². The van der Waals surface area contributed by atoms with Crippen molar-refractivity contribution in [1.29, 1.82) is 0 Å². The van der Waals surface area contributed by atoms with E-state index in [9.17, 15) is 9.18 Å². The zero-order valence-electron chi connectivity index (χ0n) is 21.5. The number of benzene rings is 3. The third-order valence-electron chi connectivity index (χ3n) is 6.42. The first kappa shape index (κ1) is 27.6. The molecule has 1 amide bonds. The number of anilines is 2. The van der Waals surface area contributed by atoms with Crippen LogP contribution >= 0.6 is 15.9 Å². The molecule has 200 valence electrons. The molecule has 1 fully saturated rings. The average molecular weight is 583 g/mol. The molecule has 0 bridgehead atoms. The Kier molecular flexibility index (Phi) is 10.1. The van der Waals surface area contributed by atoms with E-state index in [2.05, 4.69) is 41.6 Å². The summed E-state index contributed by atoms with van der Waals surface area (Å²) in [7, 11) is 1.67. The number of halogens is 2. The lowest BCUT2D eigenvalue weighted by molar-refractivity contribution is -0.121. The Morgan fingerprint density at radius 1 is 1.05 bits per heavy atom. The first-order valence-electron chi connectivity index (χ1n) is 12.7. The molecule has 0 aliphatic carbocycles. The van der Waals surface area contributed by atoms with E-state index in [-0.39, 0.29) is 11.7 Å². The van der Waals surface area contributed by atoms with Crippen LogP contribution in [-0.4, -0.2) is 56.9 Å². The van der Waals surface area contributed by atoms with Gasteiger partial charge in [-0.25, -0.2) is 9.82 Å². The Morgan fingerprint density at radius 2 is 1.79 bits per heavy atom. The molecule has 0 atom stereocenters. The van der Waals surface area contributed by atoms with Crippen molar-refractivity contribution in [2.75, 3.05) is 50.1 Å². The number of nitrogens with zero attached hydrogens (tertiary/aromatic N) is 3. The SMILES string of the molecule is COc1ccc(/C=N/NC(=O)CCCNc2ccc(Br)cc2)cc1CN1CCN(c2ccc(F)cc2)CC1. The Morgan fingerprint density at radius 3 is 2.50 bits per heavy atom. The summed E-state index contributed by atoms with van der Waals surface area (Å²) in [6.07, 6.45) is 2.75. The quantitative estimate of drug-likeness (QED) is 0.184. The minimum Gasteiger partial charge on any atom is -0.496 e. The molecule has 3 aromatic carbocycles. The van der Waals surface area contributed by atoms with Gasteiger partial charge in [0.25, 0.3) is 0 Å². The highest BCUT2D eigenvalue weighted by atomic mass is 79.9. The van der Waals surface area contributed by atoms with Gasteiger partial charge in [-0.2, -0.15) is 5.10 Å². The minimum atomic E-state index is -0.215. The van der Waals surface area contributed by atoms with E-state index in [0.717, 1.165) is 65.4 Å². The number of hydrogen-bond donors (Lipinski definition) is 2. The summed E-state index contributed by atoms with van der Waals surface area (Å²) < 4.78 is 19.9. The standard InChI is InChI=1S/C29H33BrFN5O2/c1-38-28-13-4-22(20-33-34-29(37)3-2-14-32-26-9-5-24(30)6-10-26)19-23(28)21-35-15-17-36(18-16-35)27-11-7-25(31)8-12-27/h4-13,19-20,32H,2-3,14-18,21H2,1H3,(H,34,37)/b33-20+. The second-order valence-corrected chi connectivity index (χ2v) is 10.1. The van der Waals surface area contributed by atoms with E-state index >= 15 is 0 Å². The number of piperazine rings is 1. The van der Waals surface area contributed by atoms with E-state index in [1.54, 1.807) is 13.3 Å². The molecule has 0 spiro atoms. The number of carbonyl (C=O) groups excluding carboxylic acids is 1. The highest BCUT2D eigenvalue weighted by molar-refractivity contribution is 9.10. The number of hydrogen-bond acceptors (Lipinski definition) is 6. The molecule has 1 aliphatic heterocycles. The fraction of sp³-hybridized carbons (Fsp3) is 0.310. The van der Waals surface area contributed by atoms with Crippen LogP contribution in [0.1, 0.15) is 24.0 Å². The average Bonchev–Trinajstić information content (AvgIpc) is 2.93. The largest absolute Gasteiger partial charge is 0.496 e. The fourth-order valence-corrected chi connectivity index (χ4v) is 4.61. The first-order chi connectivity index (χ1) is 18.5. The van der Waals surface area contributed by atoms with Gasteiger partial charge in [0, 0.05) is 67.1 Å². The van der Waals surface area contributed by atoms with Gasteiger partial charge in [-0.05, 0) is 78.7 Å². The second-order valence-electron chi connectivity index (χ2n) is 9.14. The van der Waals surface area contributed by atoms with Crippen molar-refractivity contribution in [3.63, 3.8) is 0 Å². The topological polar surface area (TPSA) is 69.2 Å². The normalized spacial score (nSPS) is 14.0. The molecular formula is C29H33BrFN5O2. The van der Waals surface area contributed by atoms with Gasteiger partial charge in [0.15, 0.2) is 0 Å². The monoisotopic (exact) mass is 581 g/mol. The lowest BCUT2D eigenvalue weighted by atomic mass is 10.1. The van der Waals surface area contributed by atoms with E-state index in [1.807, 2.05) is 54.6 Å². The summed E-state index contributed by atoms with van der Waals surface area (Å²) in [5.41, 5.74) is 6.65. The van der Waals surface area contributed by atoms with E-state index < -0.39 is 0 Å². The van der Waals surface area contributed by atoms with Crippen molar-refractivity contribution in [2.24, 2.45) is 5.10 Å². The van der Waals surface area contributed by atoms with E-state index in [1.165, 1.54) is 12.1 Å². The van der Waals surface area contributed by atoms with Crippen LogP contribution in [0.5, 0.6) is 5.75 Å². The van der Waals surface area contributed by atoms with Gasteiger partial charge in [-0.1, -0.05) is 15.9 Å². The molecule has 1 heterocycles. The van der Waals surface area contributed by atoms with Gasteiger partial charge in [-0.3, -0.25) is 9.69 Å². The van der Waals surface area contributed by atoms with Crippen LogP contribution in [0.3, 0.4) is 0 Å². The zero-order valence-corrected chi connectivity index (χ0v) is 23.1. The molecule has 0 aromatic heterocycles. The summed E-state index contributed by atoms with van der Waals surface area (Å²) in [5.74, 6) is 0.490. The smallest absolute Gasteiger partial charge is 0.240 e.